The molecular formula is C20H23FN8. The number of nitrogens with two attached hydrogens (primary N) is 1. The SMILES string of the molecule is CN(c1cc(C2CC2)[nH]n1)c1nc(N)nc(N2CCCC2c2ccc(F)cc2)n1. The van der Waals surface area contributed by atoms with Crippen LogP contribution in [-0.4, -0.2) is 38.7 Å². The highest BCUT2D eigenvalue weighted by molar-refractivity contribution is 5.55. The van der Waals surface area contributed by atoms with E-state index in [9.17, 15) is 4.39 Å². The summed E-state index contributed by atoms with van der Waals surface area (Å²) in [4.78, 5) is 17.3. The van der Waals surface area contributed by atoms with Crippen molar-refractivity contribution < 1.29 is 4.39 Å². The first kappa shape index (κ1) is 17.8. The van der Waals surface area contributed by atoms with Crippen molar-refractivity contribution in [3.05, 3.63) is 47.4 Å². The number of aromatic nitrogens is 5. The first-order chi connectivity index (χ1) is 14.1. The van der Waals surface area contributed by atoms with E-state index in [-0.39, 0.29) is 17.8 Å². The average molecular weight is 394 g/mol. The summed E-state index contributed by atoms with van der Waals surface area (Å²) in [6, 6.07) is 8.73. The van der Waals surface area contributed by atoms with Crippen molar-refractivity contribution in [3.63, 3.8) is 0 Å². The molecule has 0 bridgehead atoms. The Kier molecular flexibility index (Phi) is 4.30. The zero-order valence-corrected chi connectivity index (χ0v) is 16.2. The molecule has 150 valence electrons. The predicted molar refractivity (Wildman–Crippen MR) is 109 cm³/mol. The minimum atomic E-state index is -0.240. The standard InChI is InChI=1S/C20H23FN8/c1-28(17-11-15(26-27-17)12-4-5-12)19-23-18(22)24-20(25-19)29-10-2-3-16(29)13-6-8-14(21)9-7-13/h6-9,11-12,16H,2-5,10H2,1H3,(H,26,27)(H2,22,23,24,25). The van der Waals surface area contributed by atoms with Crippen LogP contribution in [0.4, 0.5) is 28.1 Å². The smallest absolute Gasteiger partial charge is 0.237 e. The van der Waals surface area contributed by atoms with Crippen LogP contribution < -0.4 is 15.5 Å². The number of hydrogen-bond acceptors (Lipinski definition) is 7. The Morgan fingerprint density at radius 2 is 1.93 bits per heavy atom. The average Bonchev–Trinajstić information content (AvgIpc) is 3.25. The second-order valence-corrected chi connectivity index (χ2v) is 7.71. The highest BCUT2D eigenvalue weighted by Crippen LogP contribution is 2.40. The summed E-state index contributed by atoms with van der Waals surface area (Å²) in [7, 11) is 1.87. The van der Waals surface area contributed by atoms with Gasteiger partial charge in [-0.25, -0.2) is 4.39 Å². The Morgan fingerprint density at radius 1 is 1.14 bits per heavy atom. The third kappa shape index (κ3) is 3.48. The first-order valence-corrected chi connectivity index (χ1v) is 9.91. The molecule has 1 aliphatic carbocycles. The molecule has 1 saturated carbocycles. The third-order valence-electron chi connectivity index (χ3n) is 5.64. The van der Waals surface area contributed by atoms with Crippen molar-refractivity contribution in [1.82, 2.24) is 25.1 Å². The van der Waals surface area contributed by atoms with E-state index in [1.54, 1.807) is 0 Å². The van der Waals surface area contributed by atoms with Gasteiger partial charge in [-0.05, 0) is 43.4 Å². The van der Waals surface area contributed by atoms with E-state index in [1.807, 2.05) is 30.1 Å². The van der Waals surface area contributed by atoms with E-state index < -0.39 is 0 Å². The monoisotopic (exact) mass is 394 g/mol. The van der Waals surface area contributed by atoms with E-state index in [2.05, 4.69) is 30.0 Å². The Hall–Kier alpha value is -3.23. The van der Waals surface area contributed by atoms with E-state index in [1.165, 1.54) is 25.0 Å². The van der Waals surface area contributed by atoms with Gasteiger partial charge in [0.05, 0.1) is 6.04 Å². The molecule has 5 rings (SSSR count). The lowest BCUT2D eigenvalue weighted by Crippen LogP contribution is -2.26. The van der Waals surface area contributed by atoms with Gasteiger partial charge in [-0.3, -0.25) is 10.00 Å². The molecule has 3 aromatic rings. The molecule has 2 aromatic heterocycles. The highest BCUT2D eigenvalue weighted by atomic mass is 19.1. The van der Waals surface area contributed by atoms with Crippen LogP contribution in [-0.2, 0) is 0 Å². The van der Waals surface area contributed by atoms with Crippen LogP contribution in [0.5, 0.6) is 0 Å². The summed E-state index contributed by atoms with van der Waals surface area (Å²) < 4.78 is 13.3. The lowest BCUT2D eigenvalue weighted by molar-refractivity contribution is 0.624. The van der Waals surface area contributed by atoms with Crippen LogP contribution in [0.1, 0.15) is 48.9 Å². The van der Waals surface area contributed by atoms with Crippen LogP contribution in [0.3, 0.4) is 0 Å². The molecule has 29 heavy (non-hydrogen) atoms. The summed E-state index contributed by atoms with van der Waals surface area (Å²) in [6.07, 6.45) is 4.36. The zero-order valence-electron chi connectivity index (χ0n) is 16.2. The number of halogens is 1. The van der Waals surface area contributed by atoms with Crippen molar-refractivity contribution in [2.75, 3.05) is 29.1 Å². The molecule has 9 heteroatoms. The summed E-state index contributed by atoms with van der Waals surface area (Å²) in [5.74, 6) is 2.25. The number of hydrogen-bond donors (Lipinski definition) is 2. The van der Waals surface area contributed by atoms with Crippen molar-refractivity contribution in [1.29, 1.82) is 0 Å². The Morgan fingerprint density at radius 3 is 2.69 bits per heavy atom. The molecular weight excluding hydrogens is 371 g/mol. The molecule has 8 nitrogen and oxygen atoms in total. The van der Waals surface area contributed by atoms with Crippen molar-refractivity contribution >= 4 is 23.7 Å². The van der Waals surface area contributed by atoms with Crippen LogP contribution in [0.2, 0.25) is 0 Å². The van der Waals surface area contributed by atoms with Crippen molar-refractivity contribution in [2.45, 2.75) is 37.6 Å². The molecule has 2 fully saturated rings. The maximum atomic E-state index is 13.3. The maximum Gasteiger partial charge on any atom is 0.237 e. The van der Waals surface area contributed by atoms with Crippen molar-refractivity contribution in [3.8, 4) is 0 Å². The fourth-order valence-electron chi connectivity index (χ4n) is 3.89. The summed E-state index contributed by atoms with van der Waals surface area (Å²) in [6.45, 7) is 0.808. The number of aromatic amines is 1. The Balaban J connectivity index is 1.44. The highest BCUT2D eigenvalue weighted by Gasteiger charge is 2.30. The molecule has 1 atom stereocenters. The number of nitrogens with zero attached hydrogens (tertiary/aromatic N) is 6. The molecule has 0 radical (unpaired) electrons. The zero-order chi connectivity index (χ0) is 20.0. The number of nitrogens with one attached hydrogen (secondary N) is 1. The van der Waals surface area contributed by atoms with Crippen LogP contribution in [0.25, 0.3) is 0 Å². The van der Waals surface area contributed by atoms with Gasteiger partial charge in [-0.15, -0.1) is 0 Å². The second kappa shape index (κ2) is 6.98. The summed E-state index contributed by atoms with van der Waals surface area (Å²) in [5.41, 5.74) is 8.20. The molecule has 0 spiro atoms. The molecule has 3 N–H and O–H groups in total. The van der Waals surface area contributed by atoms with Crippen molar-refractivity contribution in [2.24, 2.45) is 0 Å². The van der Waals surface area contributed by atoms with Gasteiger partial charge in [0.25, 0.3) is 0 Å². The summed E-state index contributed by atoms with van der Waals surface area (Å²) in [5, 5.41) is 7.49. The Bertz CT molecular complexity index is 1010. The third-order valence-corrected chi connectivity index (χ3v) is 5.64. The first-order valence-electron chi connectivity index (χ1n) is 9.91. The number of nitrogen functional groups attached to an aromatic ring is 1. The molecule has 3 heterocycles. The predicted octanol–water partition coefficient (Wildman–Crippen LogP) is 3.30. The van der Waals surface area contributed by atoms with Gasteiger partial charge < -0.3 is 10.6 Å². The molecule has 2 aliphatic rings. The lowest BCUT2D eigenvalue weighted by Gasteiger charge is -2.26. The Labute approximate surface area is 168 Å². The van der Waals surface area contributed by atoms with E-state index in [0.717, 1.165) is 36.5 Å². The quantitative estimate of drug-likeness (QED) is 0.685. The minimum Gasteiger partial charge on any atom is -0.368 e. The van der Waals surface area contributed by atoms with Crippen LogP contribution >= 0.6 is 0 Å². The van der Waals surface area contributed by atoms with Crippen LogP contribution in [0.15, 0.2) is 30.3 Å². The van der Waals surface area contributed by atoms with Gasteiger partial charge in [-0.2, -0.15) is 20.1 Å². The number of benzene rings is 1. The van der Waals surface area contributed by atoms with Gasteiger partial charge >= 0.3 is 0 Å². The van der Waals surface area contributed by atoms with Crippen LogP contribution in [0, 0.1) is 5.82 Å². The molecule has 1 aromatic carbocycles. The van der Waals surface area contributed by atoms with Gasteiger partial charge in [0.2, 0.25) is 17.8 Å². The van der Waals surface area contributed by atoms with Gasteiger partial charge in [0.15, 0.2) is 5.82 Å². The van der Waals surface area contributed by atoms with Gasteiger partial charge in [-0.1, -0.05) is 12.1 Å². The molecule has 1 aliphatic heterocycles. The number of H-pyrrole nitrogens is 1. The van der Waals surface area contributed by atoms with E-state index in [4.69, 9.17) is 5.73 Å². The van der Waals surface area contributed by atoms with E-state index in [0.29, 0.717) is 17.8 Å². The second-order valence-electron chi connectivity index (χ2n) is 7.71. The van der Waals surface area contributed by atoms with E-state index >= 15 is 0 Å². The number of rotatable bonds is 5. The van der Waals surface area contributed by atoms with Gasteiger partial charge in [0.1, 0.15) is 5.82 Å². The molecule has 1 saturated heterocycles. The fraction of sp³-hybridized carbons (Fsp3) is 0.400. The minimum absolute atomic E-state index is 0.0856. The molecule has 1 unspecified atom stereocenters. The molecule has 0 amide bonds. The number of anilines is 4. The normalized spacial score (nSPS) is 19.0. The van der Waals surface area contributed by atoms with Gasteiger partial charge in [0, 0.05) is 31.3 Å². The topological polar surface area (TPSA) is 99.8 Å². The summed E-state index contributed by atoms with van der Waals surface area (Å²) >= 11 is 0. The lowest BCUT2D eigenvalue weighted by atomic mass is 10.0. The maximum absolute atomic E-state index is 13.3. The largest absolute Gasteiger partial charge is 0.368 e. The fourth-order valence-corrected chi connectivity index (χ4v) is 3.89.